The molecule has 53 valence electrons. The summed E-state index contributed by atoms with van der Waals surface area (Å²) in [5.74, 6) is -0.258. The Balaban J connectivity index is 2.97. The van der Waals surface area contributed by atoms with Crippen molar-refractivity contribution in [3.05, 3.63) is 0 Å². The Morgan fingerprint density at radius 1 is 1.56 bits per heavy atom. The summed E-state index contributed by atoms with van der Waals surface area (Å²) in [6.45, 7) is -0.549. The SMILES string of the molecule is [O]CC(=O)OCCCCl. The van der Waals surface area contributed by atoms with E-state index < -0.39 is 12.6 Å². The summed E-state index contributed by atoms with van der Waals surface area (Å²) in [5, 5.41) is 9.72. The van der Waals surface area contributed by atoms with Gasteiger partial charge in [-0.25, -0.2) is 9.90 Å². The Morgan fingerprint density at radius 2 is 2.22 bits per heavy atom. The first-order valence-electron chi connectivity index (χ1n) is 2.61. The molecule has 0 N–H and O–H groups in total. The Bertz CT molecular complexity index is 84.3. The molecule has 9 heavy (non-hydrogen) atoms. The van der Waals surface area contributed by atoms with Crippen LogP contribution in [0.25, 0.3) is 0 Å². The van der Waals surface area contributed by atoms with Gasteiger partial charge in [-0.05, 0) is 6.42 Å². The third-order valence-corrected chi connectivity index (χ3v) is 0.926. The van der Waals surface area contributed by atoms with Crippen LogP contribution in [0.2, 0.25) is 0 Å². The Kier molecular flexibility index (Phi) is 5.67. The van der Waals surface area contributed by atoms with Gasteiger partial charge in [0.25, 0.3) is 0 Å². The number of rotatable bonds is 4. The van der Waals surface area contributed by atoms with Crippen LogP contribution in [-0.4, -0.2) is 25.1 Å². The van der Waals surface area contributed by atoms with Gasteiger partial charge in [0.05, 0.1) is 6.61 Å². The number of hydrogen-bond acceptors (Lipinski definition) is 2. The van der Waals surface area contributed by atoms with E-state index in [0.717, 1.165) is 0 Å². The first-order valence-corrected chi connectivity index (χ1v) is 3.14. The summed E-state index contributed by atoms with van der Waals surface area (Å²) in [4.78, 5) is 10.1. The van der Waals surface area contributed by atoms with Crippen LogP contribution in [-0.2, 0) is 14.6 Å². The van der Waals surface area contributed by atoms with Gasteiger partial charge >= 0.3 is 5.97 Å². The molecule has 0 aromatic carbocycles. The molecule has 0 unspecified atom stereocenters. The van der Waals surface area contributed by atoms with E-state index >= 15 is 0 Å². The molecule has 0 saturated carbocycles. The lowest BCUT2D eigenvalue weighted by Gasteiger charge is -1.97. The lowest BCUT2D eigenvalue weighted by Crippen LogP contribution is -2.09. The first kappa shape index (κ1) is 8.72. The van der Waals surface area contributed by atoms with Crippen molar-refractivity contribution in [2.24, 2.45) is 0 Å². The number of carbonyl (C=O) groups is 1. The van der Waals surface area contributed by atoms with Gasteiger partial charge in [-0.3, -0.25) is 0 Å². The van der Waals surface area contributed by atoms with E-state index in [1.807, 2.05) is 0 Å². The molecule has 0 amide bonds. The maximum atomic E-state index is 10.1. The van der Waals surface area contributed by atoms with E-state index in [1.165, 1.54) is 0 Å². The number of alkyl halides is 1. The van der Waals surface area contributed by atoms with Crippen molar-refractivity contribution >= 4 is 17.6 Å². The zero-order chi connectivity index (χ0) is 7.11. The molecule has 1 radical (unpaired) electrons. The molecule has 0 aliphatic heterocycles. The largest absolute Gasteiger partial charge is 0.464 e. The number of carbonyl (C=O) groups excluding carboxylic acids is 1. The zero-order valence-electron chi connectivity index (χ0n) is 4.93. The topological polar surface area (TPSA) is 46.2 Å². The lowest BCUT2D eigenvalue weighted by molar-refractivity contribution is -0.148. The van der Waals surface area contributed by atoms with Gasteiger partial charge in [0.15, 0.2) is 6.61 Å². The molecule has 0 aromatic rings. The molecule has 0 fully saturated rings. The van der Waals surface area contributed by atoms with E-state index in [1.54, 1.807) is 0 Å². The summed E-state index contributed by atoms with van der Waals surface area (Å²) in [5.41, 5.74) is 0. The quantitative estimate of drug-likeness (QED) is 0.335. The van der Waals surface area contributed by atoms with Gasteiger partial charge in [-0.15, -0.1) is 11.6 Å². The van der Waals surface area contributed by atoms with Gasteiger partial charge in [0.2, 0.25) is 0 Å². The highest BCUT2D eigenvalue weighted by Crippen LogP contribution is 1.86. The van der Waals surface area contributed by atoms with Crippen molar-refractivity contribution < 1.29 is 14.6 Å². The van der Waals surface area contributed by atoms with Gasteiger partial charge in [0.1, 0.15) is 0 Å². The van der Waals surface area contributed by atoms with Crippen LogP contribution < -0.4 is 0 Å². The molecule has 0 spiro atoms. The second-order valence-corrected chi connectivity index (χ2v) is 1.79. The van der Waals surface area contributed by atoms with E-state index in [2.05, 4.69) is 4.74 Å². The average molecular weight is 152 g/mol. The van der Waals surface area contributed by atoms with Crippen molar-refractivity contribution in [1.82, 2.24) is 0 Å². The zero-order valence-corrected chi connectivity index (χ0v) is 5.69. The number of halogens is 1. The van der Waals surface area contributed by atoms with Crippen LogP contribution in [0, 0.1) is 0 Å². The minimum Gasteiger partial charge on any atom is -0.464 e. The van der Waals surface area contributed by atoms with Crippen LogP contribution in [0.4, 0.5) is 0 Å². The third kappa shape index (κ3) is 5.59. The fraction of sp³-hybridized carbons (Fsp3) is 0.800. The Labute approximate surface area is 58.6 Å². The summed E-state index contributed by atoms with van der Waals surface area (Å²) in [6, 6.07) is 0. The van der Waals surface area contributed by atoms with Crippen LogP contribution in [0.3, 0.4) is 0 Å². The van der Waals surface area contributed by atoms with Crippen LogP contribution in [0.1, 0.15) is 6.42 Å². The smallest absolute Gasteiger partial charge is 0.335 e. The van der Waals surface area contributed by atoms with Crippen LogP contribution in [0.15, 0.2) is 0 Å². The molecular weight excluding hydrogens is 144 g/mol. The lowest BCUT2D eigenvalue weighted by atomic mass is 10.5. The molecule has 0 aliphatic rings. The van der Waals surface area contributed by atoms with Crippen molar-refractivity contribution in [2.75, 3.05) is 19.1 Å². The van der Waals surface area contributed by atoms with E-state index in [9.17, 15) is 9.90 Å². The fourth-order valence-electron chi connectivity index (χ4n) is 0.282. The maximum Gasteiger partial charge on any atom is 0.335 e. The fourth-order valence-corrected chi connectivity index (χ4v) is 0.391. The van der Waals surface area contributed by atoms with Crippen molar-refractivity contribution in [1.29, 1.82) is 0 Å². The molecule has 0 heterocycles. The molecule has 3 nitrogen and oxygen atoms in total. The minimum atomic E-state index is -0.803. The van der Waals surface area contributed by atoms with Crippen molar-refractivity contribution in [3.8, 4) is 0 Å². The van der Waals surface area contributed by atoms with Crippen LogP contribution in [0.5, 0.6) is 0 Å². The molecule has 4 heteroatoms. The summed E-state index contributed by atoms with van der Waals surface area (Å²) < 4.78 is 4.40. The van der Waals surface area contributed by atoms with Crippen LogP contribution >= 0.6 is 11.6 Å². The minimum absolute atomic E-state index is 0.255. The van der Waals surface area contributed by atoms with Gasteiger partial charge in [0, 0.05) is 5.88 Å². The van der Waals surface area contributed by atoms with Gasteiger partial charge < -0.3 is 4.74 Å². The Morgan fingerprint density at radius 3 is 2.67 bits per heavy atom. The molecule has 0 aliphatic carbocycles. The van der Waals surface area contributed by atoms with E-state index in [-0.39, 0.29) is 6.61 Å². The molecule has 0 rings (SSSR count). The Hall–Kier alpha value is -0.280. The molecular formula is C5H8ClO3. The summed E-state index contributed by atoms with van der Waals surface area (Å²) in [7, 11) is 0. The molecule has 0 atom stereocenters. The highest BCUT2D eigenvalue weighted by Gasteiger charge is 1.97. The van der Waals surface area contributed by atoms with Gasteiger partial charge in [-0.2, -0.15) is 0 Å². The highest BCUT2D eigenvalue weighted by molar-refractivity contribution is 6.17. The number of ether oxygens (including phenoxy) is 1. The van der Waals surface area contributed by atoms with Crippen molar-refractivity contribution in [3.63, 3.8) is 0 Å². The summed E-state index contributed by atoms with van der Waals surface area (Å²) in [6.07, 6.45) is 0.604. The second-order valence-electron chi connectivity index (χ2n) is 1.41. The number of esters is 1. The predicted molar refractivity (Wildman–Crippen MR) is 31.8 cm³/mol. The summed E-state index contributed by atoms with van der Waals surface area (Å²) >= 11 is 5.26. The van der Waals surface area contributed by atoms with E-state index in [0.29, 0.717) is 12.3 Å². The normalized spacial score (nSPS) is 9.11. The predicted octanol–water partition coefficient (Wildman–Crippen LogP) is 0.589. The molecule has 0 bridgehead atoms. The standard InChI is InChI=1S/C5H8ClO3/c6-2-1-3-9-5(8)4-7/h1-4H2. The average Bonchev–Trinajstić information content (AvgIpc) is 1.89. The molecule has 0 saturated heterocycles. The molecule has 0 aromatic heterocycles. The monoisotopic (exact) mass is 151 g/mol. The van der Waals surface area contributed by atoms with Crippen molar-refractivity contribution in [2.45, 2.75) is 6.42 Å². The van der Waals surface area contributed by atoms with Gasteiger partial charge in [-0.1, -0.05) is 0 Å². The highest BCUT2D eigenvalue weighted by atomic mass is 35.5. The second kappa shape index (κ2) is 5.85. The first-order chi connectivity index (χ1) is 4.31. The van der Waals surface area contributed by atoms with E-state index in [4.69, 9.17) is 11.6 Å². The maximum absolute atomic E-state index is 10.1. The number of hydrogen-bond donors (Lipinski definition) is 0. The third-order valence-electron chi connectivity index (χ3n) is 0.659.